The highest BCUT2D eigenvalue weighted by Gasteiger charge is 2.18. The van der Waals surface area contributed by atoms with E-state index in [1.165, 1.54) is 0 Å². The number of aromatic nitrogens is 2. The normalized spacial score (nSPS) is 15.1. The first-order valence-electron chi connectivity index (χ1n) is 9.80. The number of amides is 1. The minimum Gasteiger partial charge on any atom is -0.483 e. The van der Waals surface area contributed by atoms with Crippen molar-refractivity contribution >= 4 is 5.91 Å². The van der Waals surface area contributed by atoms with Crippen molar-refractivity contribution in [1.82, 2.24) is 19.8 Å². The van der Waals surface area contributed by atoms with Gasteiger partial charge in [-0.15, -0.1) is 0 Å². The number of hydrogen-bond donors (Lipinski definition) is 1. The number of nitrogens with one attached hydrogen (secondary N) is 1. The van der Waals surface area contributed by atoms with E-state index in [9.17, 15) is 4.79 Å². The number of aryl methyl sites for hydroxylation is 1. The molecule has 1 aliphatic rings. The third kappa shape index (κ3) is 5.57. The topological polar surface area (TPSA) is 59.4 Å². The predicted octanol–water partition coefficient (Wildman–Crippen LogP) is 2.62. The number of carbonyl (C=O) groups excluding carboxylic acids is 1. The van der Waals surface area contributed by atoms with Gasteiger partial charge in [0.2, 0.25) is 0 Å². The first kappa shape index (κ1) is 19.4. The fraction of sp³-hybridized carbons (Fsp3) is 0.524. The van der Waals surface area contributed by atoms with Gasteiger partial charge >= 0.3 is 0 Å². The summed E-state index contributed by atoms with van der Waals surface area (Å²) in [6.45, 7) is 8.66. The molecule has 1 saturated heterocycles. The Morgan fingerprint density at radius 1 is 1.30 bits per heavy atom. The highest BCUT2D eigenvalue weighted by molar-refractivity contribution is 5.78. The molecule has 1 fully saturated rings. The maximum absolute atomic E-state index is 12.2. The lowest BCUT2D eigenvalue weighted by molar-refractivity contribution is -0.132. The third-order valence-corrected chi connectivity index (χ3v) is 5.02. The minimum absolute atomic E-state index is 0.0830. The average molecular weight is 370 g/mol. The van der Waals surface area contributed by atoms with Crippen LogP contribution in [0.15, 0.2) is 36.7 Å². The van der Waals surface area contributed by atoms with Crippen molar-refractivity contribution < 1.29 is 9.53 Å². The number of ether oxygens (including phenoxy) is 1. The Balaban J connectivity index is 1.45. The third-order valence-electron chi connectivity index (χ3n) is 5.02. The lowest BCUT2D eigenvalue weighted by atomic mass is 10.1. The van der Waals surface area contributed by atoms with E-state index in [-0.39, 0.29) is 12.5 Å². The average Bonchev–Trinajstić information content (AvgIpc) is 3.33. The quantitative estimate of drug-likeness (QED) is 0.737. The maximum Gasteiger partial charge on any atom is 0.260 e. The Morgan fingerprint density at radius 3 is 2.81 bits per heavy atom. The van der Waals surface area contributed by atoms with Crippen molar-refractivity contribution in [2.75, 3.05) is 26.2 Å². The van der Waals surface area contributed by atoms with Crippen LogP contribution in [-0.2, 0) is 17.9 Å². The second-order valence-electron chi connectivity index (χ2n) is 7.35. The highest BCUT2D eigenvalue weighted by atomic mass is 16.5. The van der Waals surface area contributed by atoms with Gasteiger partial charge in [0.25, 0.3) is 5.91 Å². The van der Waals surface area contributed by atoms with Gasteiger partial charge in [-0.2, -0.15) is 0 Å². The molecule has 1 aromatic carbocycles. The van der Waals surface area contributed by atoms with Gasteiger partial charge in [-0.25, -0.2) is 4.98 Å². The summed E-state index contributed by atoms with van der Waals surface area (Å²) in [5.41, 5.74) is 1.08. The van der Waals surface area contributed by atoms with E-state index in [1.807, 2.05) is 48.5 Å². The predicted molar refractivity (Wildman–Crippen MR) is 106 cm³/mol. The van der Waals surface area contributed by atoms with Crippen LogP contribution in [-0.4, -0.2) is 46.6 Å². The number of benzene rings is 1. The molecule has 1 unspecified atom stereocenters. The van der Waals surface area contributed by atoms with Crippen molar-refractivity contribution in [1.29, 1.82) is 0 Å². The standard InChI is InChI=1S/C21H30N4O2/c1-17(15-25-12-9-23-18(25)2)13-22-14-19-7-3-4-8-20(19)27-16-21(26)24-10-5-6-11-24/h3-4,7-9,12,17,22H,5-6,10-11,13-16H2,1-2H3. The van der Waals surface area contributed by atoms with Crippen molar-refractivity contribution in [3.05, 3.63) is 48.0 Å². The molecule has 1 atom stereocenters. The second-order valence-corrected chi connectivity index (χ2v) is 7.35. The summed E-state index contributed by atoms with van der Waals surface area (Å²) >= 11 is 0. The zero-order valence-electron chi connectivity index (χ0n) is 16.4. The molecule has 27 heavy (non-hydrogen) atoms. The van der Waals surface area contributed by atoms with Gasteiger partial charge < -0.3 is 19.5 Å². The lowest BCUT2D eigenvalue weighted by Crippen LogP contribution is -2.32. The first-order chi connectivity index (χ1) is 13.1. The Hall–Kier alpha value is -2.34. The summed E-state index contributed by atoms with van der Waals surface area (Å²) < 4.78 is 8.00. The number of para-hydroxylation sites is 1. The molecule has 1 aliphatic heterocycles. The molecule has 0 radical (unpaired) electrons. The van der Waals surface area contributed by atoms with Crippen LogP contribution in [0.1, 0.15) is 31.2 Å². The fourth-order valence-corrected chi connectivity index (χ4v) is 3.44. The molecule has 2 aromatic rings. The van der Waals surface area contributed by atoms with Crippen LogP contribution in [0.5, 0.6) is 5.75 Å². The summed E-state index contributed by atoms with van der Waals surface area (Å²) in [4.78, 5) is 18.3. The highest BCUT2D eigenvalue weighted by Crippen LogP contribution is 2.18. The van der Waals surface area contributed by atoms with E-state index in [2.05, 4.69) is 21.8 Å². The summed E-state index contributed by atoms with van der Waals surface area (Å²) in [5, 5.41) is 3.51. The van der Waals surface area contributed by atoms with Gasteiger partial charge in [0.15, 0.2) is 6.61 Å². The van der Waals surface area contributed by atoms with E-state index in [4.69, 9.17) is 4.74 Å². The van der Waals surface area contributed by atoms with E-state index in [0.717, 1.165) is 62.7 Å². The lowest BCUT2D eigenvalue weighted by Gasteiger charge is -2.18. The molecular weight excluding hydrogens is 340 g/mol. The Kier molecular flexibility index (Phi) is 6.87. The molecule has 6 nitrogen and oxygen atoms in total. The molecule has 0 spiro atoms. The molecule has 0 bridgehead atoms. The largest absolute Gasteiger partial charge is 0.483 e. The van der Waals surface area contributed by atoms with Crippen LogP contribution in [0.25, 0.3) is 0 Å². The number of hydrogen-bond acceptors (Lipinski definition) is 4. The molecule has 0 saturated carbocycles. The van der Waals surface area contributed by atoms with E-state index in [0.29, 0.717) is 5.92 Å². The fourth-order valence-electron chi connectivity index (χ4n) is 3.44. The zero-order chi connectivity index (χ0) is 19.1. The molecule has 3 rings (SSSR count). The molecule has 1 aromatic heterocycles. The molecule has 1 N–H and O–H groups in total. The van der Waals surface area contributed by atoms with E-state index >= 15 is 0 Å². The van der Waals surface area contributed by atoms with Crippen molar-refractivity contribution in [3.63, 3.8) is 0 Å². The van der Waals surface area contributed by atoms with Crippen LogP contribution in [0.4, 0.5) is 0 Å². The Morgan fingerprint density at radius 2 is 2.07 bits per heavy atom. The van der Waals surface area contributed by atoms with Crippen molar-refractivity contribution in [2.24, 2.45) is 5.92 Å². The number of nitrogens with zero attached hydrogens (tertiary/aromatic N) is 3. The number of rotatable bonds is 9. The molecule has 146 valence electrons. The first-order valence-corrected chi connectivity index (χ1v) is 9.80. The van der Waals surface area contributed by atoms with Gasteiger partial charge in [-0.1, -0.05) is 25.1 Å². The van der Waals surface area contributed by atoms with Gasteiger partial charge in [-0.3, -0.25) is 4.79 Å². The maximum atomic E-state index is 12.2. The summed E-state index contributed by atoms with van der Waals surface area (Å²) in [6, 6.07) is 7.94. The van der Waals surface area contributed by atoms with Gasteiger partial charge in [-0.05, 0) is 38.3 Å². The number of carbonyl (C=O) groups is 1. The summed E-state index contributed by atoms with van der Waals surface area (Å²) in [5.74, 6) is 2.40. The summed E-state index contributed by atoms with van der Waals surface area (Å²) in [7, 11) is 0. The molecule has 6 heteroatoms. The molecule has 1 amide bonds. The van der Waals surface area contributed by atoms with Gasteiger partial charge in [0.1, 0.15) is 11.6 Å². The number of likely N-dealkylation sites (tertiary alicyclic amines) is 1. The van der Waals surface area contributed by atoms with Crippen LogP contribution in [0, 0.1) is 12.8 Å². The van der Waals surface area contributed by atoms with Crippen LogP contribution < -0.4 is 10.1 Å². The minimum atomic E-state index is 0.0830. The van der Waals surface area contributed by atoms with Gasteiger partial charge in [0, 0.05) is 44.1 Å². The van der Waals surface area contributed by atoms with Gasteiger partial charge in [0.05, 0.1) is 0 Å². The van der Waals surface area contributed by atoms with E-state index < -0.39 is 0 Å². The molecule has 0 aliphatic carbocycles. The van der Waals surface area contributed by atoms with Crippen LogP contribution in [0.2, 0.25) is 0 Å². The van der Waals surface area contributed by atoms with E-state index in [1.54, 1.807) is 0 Å². The van der Waals surface area contributed by atoms with Crippen molar-refractivity contribution in [3.8, 4) is 5.75 Å². The SMILES string of the molecule is Cc1nccn1CC(C)CNCc1ccccc1OCC(=O)N1CCCC1. The second kappa shape index (κ2) is 9.55. The van der Waals surface area contributed by atoms with Crippen molar-refractivity contribution in [2.45, 2.75) is 39.8 Å². The molecular formula is C21H30N4O2. The number of imidazole rings is 1. The summed E-state index contributed by atoms with van der Waals surface area (Å²) in [6.07, 6.45) is 6.06. The van der Waals surface area contributed by atoms with Crippen LogP contribution in [0.3, 0.4) is 0 Å². The van der Waals surface area contributed by atoms with Crippen LogP contribution >= 0.6 is 0 Å². The Bertz CT molecular complexity index is 737. The Labute approximate surface area is 161 Å². The zero-order valence-corrected chi connectivity index (χ0v) is 16.4. The molecule has 2 heterocycles. The monoisotopic (exact) mass is 370 g/mol. The smallest absolute Gasteiger partial charge is 0.260 e.